The predicted octanol–water partition coefficient (Wildman–Crippen LogP) is 2.91. The average Bonchev–Trinajstić information content (AvgIpc) is 2.78. The monoisotopic (exact) mass is 308 g/mol. The van der Waals surface area contributed by atoms with Gasteiger partial charge in [-0.05, 0) is 39.3 Å². The summed E-state index contributed by atoms with van der Waals surface area (Å²) in [4.78, 5) is 23.1. The molecule has 1 amide bonds. The highest BCUT2D eigenvalue weighted by Gasteiger charge is 2.20. The fourth-order valence-electron chi connectivity index (χ4n) is 2.40. The largest absolute Gasteiger partial charge is 0.342 e. The molecule has 0 N–H and O–H groups in total. The van der Waals surface area contributed by atoms with Crippen molar-refractivity contribution in [3.63, 3.8) is 0 Å². The summed E-state index contributed by atoms with van der Waals surface area (Å²) in [7, 11) is 0. The quantitative estimate of drug-likeness (QED) is 0.798. The molecule has 2 aromatic rings. The van der Waals surface area contributed by atoms with Gasteiger partial charge >= 0.3 is 0 Å². The number of pyridine rings is 1. The predicted molar refractivity (Wildman–Crippen MR) is 84.5 cm³/mol. The van der Waals surface area contributed by atoms with Crippen LogP contribution < -0.4 is 0 Å². The van der Waals surface area contributed by atoms with Crippen molar-refractivity contribution in [1.82, 2.24) is 19.4 Å². The van der Waals surface area contributed by atoms with Crippen LogP contribution in [0.1, 0.15) is 37.5 Å². The lowest BCUT2D eigenvalue weighted by atomic mass is 10.3. The summed E-state index contributed by atoms with van der Waals surface area (Å²) >= 11 is 6.21. The Hall–Kier alpha value is -1.62. The Labute approximate surface area is 129 Å². The zero-order chi connectivity index (χ0) is 15.6. The Balaban J connectivity index is 2.46. The van der Waals surface area contributed by atoms with Crippen molar-refractivity contribution in [2.24, 2.45) is 0 Å². The number of carbonyl (C=O) groups is 1. The molecular weight excluding hydrogens is 288 g/mol. The minimum atomic E-state index is -0.274. The highest BCUT2D eigenvalue weighted by atomic mass is 35.5. The SMILES string of the molecule is CCN(CC)C(=O)Cn1c(C(C)Cl)nc2cc(C)cnc21. The summed E-state index contributed by atoms with van der Waals surface area (Å²) in [6.07, 6.45) is 1.78. The molecule has 21 heavy (non-hydrogen) atoms. The second-order valence-corrected chi connectivity index (χ2v) is 5.75. The van der Waals surface area contributed by atoms with Gasteiger partial charge in [0.05, 0.1) is 5.38 Å². The van der Waals surface area contributed by atoms with Gasteiger partial charge in [0, 0.05) is 19.3 Å². The van der Waals surface area contributed by atoms with Crippen molar-refractivity contribution < 1.29 is 4.79 Å². The zero-order valence-electron chi connectivity index (χ0n) is 12.9. The Kier molecular flexibility index (Phi) is 4.83. The Bertz CT molecular complexity index is 646. The third-order valence-corrected chi connectivity index (χ3v) is 3.71. The molecule has 6 heteroatoms. The van der Waals surface area contributed by atoms with E-state index < -0.39 is 0 Å². The topological polar surface area (TPSA) is 51.0 Å². The van der Waals surface area contributed by atoms with Crippen LogP contribution in [0.5, 0.6) is 0 Å². The van der Waals surface area contributed by atoms with Crippen LogP contribution in [-0.2, 0) is 11.3 Å². The van der Waals surface area contributed by atoms with Crippen LogP contribution in [0.4, 0.5) is 0 Å². The lowest BCUT2D eigenvalue weighted by Crippen LogP contribution is -2.33. The van der Waals surface area contributed by atoms with Gasteiger partial charge in [0.25, 0.3) is 0 Å². The number of rotatable bonds is 5. The smallest absolute Gasteiger partial charge is 0.242 e. The lowest BCUT2D eigenvalue weighted by molar-refractivity contribution is -0.131. The van der Waals surface area contributed by atoms with Gasteiger partial charge in [-0.3, -0.25) is 4.79 Å². The Morgan fingerprint density at radius 3 is 2.67 bits per heavy atom. The molecule has 1 unspecified atom stereocenters. The molecule has 1 atom stereocenters. The third-order valence-electron chi connectivity index (χ3n) is 3.52. The van der Waals surface area contributed by atoms with Gasteiger partial charge in [0.1, 0.15) is 17.9 Å². The normalized spacial score (nSPS) is 12.6. The third kappa shape index (κ3) is 3.18. The van der Waals surface area contributed by atoms with Gasteiger partial charge in [-0.1, -0.05) is 0 Å². The summed E-state index contributed by atoms with van der Waals surface area (Å²) < 4.78 is 1.83. The number of likely N-dealkylation sites (N-methyl/N-ethyl adjacent to an activating group) is 1. The summed E-state index contributed by atoms with van der Waals surface area (Å²) in [5, 5.41) is -0.274. The number of imidazole rings is 1. The van der Waals surface area contributed by atoms with Crippen LogP contribution in [0, 0.1) is 6.92 Å². The molecule has 2 rings (SSSR count). The van der Waals surface area contributed by atoms with Crippen LogP contribution in [0.15, 0.2) is 12.3 Å². The minimum absolute atomic E-state index is 0.0558. The second kappa shape index (κ2) is 6.43. The molecule has 0 aromatic carbocycles. The zero-order valence-corrected chi connectivity index (χ0v) is 13.7. The first-order chi connectivity index (χ1) is 9.97. The van der Waals surface area contributed by atoms with Gasteiger partial charge in [-0.15, -0.1) is 11.6 Å². The van der Waals surface area contributed by atoms with E-state index in [0.717, 1.165) is 11.1 Å². The number of hydrogen-bond donors (Lipinski definition) is 0. The maximum Gasteiger partial charge on any atom is 0.242 e. The van der Waals surface area contributed by atoms with Crippen molar-refractivity contribution in [3.05, 3.63) is 23.7 Å². The molecular formula is C15H21ClN4O. The molecule has 0 aliphatic heterocycles. The summed E-state index contributed by atoms with van der Waals surface area (Å²) in [5.41, 5.74) is 2.53. The molecule has 0 aliphatic carbocycles. The Morgan fingerprint density at radius 2 is 2.10 bits per heavy atom. The van der Waals surface area contributed by atoms with Crippen molar-refractivity contribution in [3.8, 4) is 0 Å². The summed E-state index contributed by atoms with van der Waals surface area (Å²) in [5.74, 6) is 0.741. The maximum atomic E-state index is 12.4. The maximum absolute atomic E-state index is 12.4. The van der Waals surface area contributed by atoms with E-state index in [4.69, 9.17) is 11.6 Å². The fraction of sp³-hybridized carbons (Fsp3) is 0.533. The van der Waals surface area contributed by atoms with Gasteiger partial charge in [0.15, 0.2) is 5.65 Å². The van der Waals surface area contributed by atoms with Crippen molar-refractivity contribution >= 4 is 28.7 Å². The molecule has 114 valence electrons. The number of carbonyl (C=O) groups excluding carboxylic acids is 1. The van der Waals surface area contributed by atoms with Crippen LogP contribution >= 0.6 is 11.6 Å². The highest BCUT2D eigenvalue weighted by Crippen LogP contribution is 2.24. The first-order valence-electron chi connectivity index (χ1n) is 7.22. The van der Waals surface area contributed by atoms with Crippen molar-refractivity contribution in [2.45, 2.75) is 39.6 Å². The van der Waals surface area contributed by atoms with E-state index in [-0.39, 0.29) is 17.8 Å². The first-order valence-corrected chi connectivity index (χ1v) is 7.66. The molecule has 2 heterocycles. The molecule has 0 saturated carbocycles. The van der Waals surface area contributed by atoms with E-state index in [1.54, 1.807) is 11.1 Å². The van der Waals surface area contributed by atoms with Crippen LogP contribution in [0.25, 0.3) is 11.2 Å². The van der Waals surface area contributed by atoms with Crippen molar-refractivity contribution in [1.29, 1.82) is 0 Å². The molecule has 0 spiro atoms. The molecule has 0 aliphatic rings. The van der Waals surface area contributed by atoms with E-state index in [1.807, 2.05) is 38.3 Å². The number of alkyl halides is 1. The van der Waals surface area contributed by atoms with E-state index in [1.165, 1.54) is 0 Å². The first kappa shape index (κ1) is 15.8. The number of halogens is 1. The minimum Gasteiger partial charge on any atom is -0.342 e. The van der Waals surface area contributed by atoms with Crippen LogP contribution in [-0.4, -0.2) is 38.4 Å². The molecule has 0 bridgehead atoms. The molecule has 0 fully saturated rings. The van der Waals surface area contributed by atoms with Crippen LogP contribution in [0.3, 0.4) is 0 Å². The number of amides is 1. The standard InChI is InChI=1S/C15H21ClN4O/c1-5-19(6-2)13(21)9-20-14(11(4)16)18-12-7-10(3)8-17-15(12)20/h7-8,11H,5-6,9H2,1-4H3. The van der Waals surface area contributed by atoms with E-state index >= 15 is 0 Å². The number of hydrogen-bond acceptors (Lipinski definition) is 3. The number of fused-ring (bicyclic) bond motifs is 1. The Morgan fingerprint density at radius 1 is 1.43 bits per heavy atom. The molecule has 0 saturated heterocycles. The number of aromatic nitrogens is 3. The fourth-order valence-corrected chi connectivity index (χ4v) is 2.57. The van der Waals surface area contributed by atoms with E-state index in [9.17, 15) is 4.79 Å². The highest BCUT2D eigenvalue weighted by molar-refractivity contribution is 6.20. The molecule has 0 radical (unpaired) electrons. The second-order valence-electron chi connectivity index (χ2n) is 5.09. The number of nitrogens with zero attached hydrogens (tertiary/aromatic N) is 4. The van der Waals surface area contributed by atoms with E-state index in [2.05, 4.69) is 9.97 Å². The van der Waals surface area contributed by atoms with E-state index in [0.29, 0.717) is 24.6 Å². The summed E-state index contributed by atoms with van der Waals surface area (Å²) in [6, 6.07) is 1.96. The molecule has 5 nitrogen and oxygen atoms in total. The van der Waals surface area contributed by atoms with Gasteiger partial charge in [0.2, 0.25) is 5.91 Å². The van der Waals surface area contributed by atoms with Crippen LogP contribution in [0.2, 0.25) is 0 Å². The lowest BCUT2D eigenvalue weighted by Gasteiger charge is -2.20. The van der Waals surface area contributed by atoms with Crippen molar-refractivity contribution in [2.75, 3.05) is 13.1 Å². The number of aryl methyl sites for hydroxylation is 1. The molecule has 2 aromatic heterocycles. The van der Waals surface area contributed by atoms with Gasteiger partial charge in [-0.2, -0.15) is 0 Å². The average molecular weight is 309 g/mol. The van der Waals surface area contributed by atoms with Gasteiger partial charge in [-0.25, -0.2) is 9.97 Å². The summed E-state index contributed by atoms with van der Waals surface area (Å²) in [6.45, 7) is 9.38. The van der Waals surface area contributed by atoms with Gasteiger partial charge < -0.3 is 9.47 Å².